The standard InChI is InChI=1S/C10H8BrN4OS/c1-6-3-2-4-7(12-6)14-10(16)15-8-5-17-9(11)13-8/h2-5H,1H2,(H2,12,14,15,16). The summed E-state index contributed by atoms with van der Waals surface area (Å²) in [5, 5.41) is 6.91. The smallest absolute Gasteiger partial charge is 0.292 e. The molecule has 2 heterocycles. The molecule has 0 saturated heterocycles. The van der Waals surface area contributed by atoms with Crippen LogP contribution in [0.25, 0.3) is 0 Å². The van der Waals surface area contributed by atoms with Gasteiger partial charge in [-0.2, -0.15) is 0 Å². The Morgan fingerprint density at radius 2 is 2.06 bits per heavy atom. The van der Waals surface area contributed by atoms with E-state index in [0.717, 1.165) is 0 Å². The van der Waals surface area contributed by atoms with Gasteiger partial charge in [0.25, 0.3) is 0 Å². The molecule has 0 aliphatic rings. The van der Waals surface area contributed by atoms with E-state index in [1.54, 1.807) is 23.6 Å². The lowest BCUT2D eigenvalue weighted by atomic mass is 10.4. The highest BCUT2D eigenvalue weighted by atomic mass is 79.9. The topological polar surface area (TPSA) is 66.9 Å². The van der Waals surface area contributed by atoms with E-state index in [1.165, 1.54) is 11.3 Å². The zero-order valence-corrected chi connectivity index (χ0v) is 11.0. The van der Waals surface area contributed by atoms with Crippen molar-refractivity contribution >= 4 is 44.9 Å². The molecule has 2 amide bonds. The Bertz CT molecular complexity index is 543. The maximum Gasteiger partial charge on any atom is 0.326 e. The van der Waals surface area contributed by atoms with Crippen molar-refractivity contribution in [3.8, 4) is 0 Å². The number of hydrogen-bond donors (Lipinski definition) is 2. The summed E-state index contributed by atoms with van der Waals surface area (Å²) in [4.78, 5) is 19.7. The molecule has 0 aliphatic carbocycles. The fourth-order valence-corrected chi connectivity index (χ4v) is 2.07. The highest BCUT2D eigenvalue weighted by Crippen LogP contribution is 2.19. The maximum atomic E-state index is 11.6. The van der Waals surface area contributed by atoms with Crippen LogP contribution in [0.15, 0.2) is 27.5 Å². The number of carbonyl (C=O) groups is 1. The Hall–Kier alpha value is -1.47. The lowest BCUT2D eigenvalue weighted by molar-refractivity contribution is 0.262. The lowest BCUT2D eigenvalue weighted by Gasteiger charge is -2.04. The maximum absolute atomic E-state index is 11.6. The third-order valence-electron chi connectivity index (χ3n) is 1.77. The first-order valence-corrected chi connectivity index (χ1v) is 6.29. The Balaban J connectivity index is 1.98. The number of carbonyl (C=O) groups excluding carboxylic acids is 1. The van der Waals surface area contributed by atoms with Crippen LogP contribution in [0.4, 0.5) is 16.4 Å². The van der Waals surface area contributed by atoms with Crippen molar-refractivity contribution in [2.45, 2.75) is 0 Å². The molecule has 0 unspecified atom stereocenters. The highest BCUT2D eigenvalue weighted by Gasteiger charge is 2.05. The van der Waals surface area contributed by atoms with Crippen molar-refractivity contribution in [1.82, 2.24) is 9.97 Å². The number of anilines is 2. The van der Waals surface area contributed by atoms with E-state index >= 15 is 0 Å². The van der Waals surface area contributed by atoms with Crippen LogP contribution in [-0.4, -0.2) is 16.0 Å². The van der Waals surface area contributed by atoms with E-state index in [2.05, 4.69) is 43.5 Å². The SMILES string of the molecule is [CH2]c1cccc(NC(=O)Nc2csc(Br)n2)n1. The molecule has 0 saturated carbocycles. The Morgan fingerprint density at radius 1 is 1.29 bits per heavy atom. The van der Waals surface area contributed by atoms with Gasteiger partial charge in [0, 0.05) is 11.1 Å². The summed E-state index contributed by atoms with van der Waals surface area (Å²) in [6.07, 6.45) is 0. The Kier molecular flexibility index (Phi) is 3.70. The number of nitrogens with zero attached hydrogens (tertiary/aromatic N) is 2. The normalized spacial score (nSPS) is 10.0. The van der Waals surface area contributed by atoms with Gasteiger partial charge in [0.15, 0.2) is 3.92 Å². The summed E-state index contributed by atoms with van der Waals surface area (Å²) in [5.74, 6) is 0.939. The number of hydrogen-bond acceptors (Lipinski definition) is 4. The van der Waals surface area contributed by atoms with Gasteiger partial charge in [-0.15, -0.1) is 11.3 Å². The zero-order valence-electron chi connectivity index (χ0n) is 8.61. The van der Waals surface area contributed by atoms with Gasteiger partial charge in [-0.25, -0.2) is 14.8 Å². The fourth-order valence-electron chi connectivity index (χ4n) is 1.12. The van der Waals surface area contributed by atoms with Gasteiger partial charge in [0.2, 0.25) is 0 Å². The summed E-state index contributed by atoms with van der Waals surface area (Å²) < 4.78 is 0.714. The van der Waals surface area contributed by atoms with E-state index in [4.69, 9.17) is 0 Å². The van der Waals surface area contributed by atoms with Gasteiger partial charge < -0.3 is 0 Å². The molecule has 2 aromatic heterocycles. The number of urea groups is 1. The summed E-state index contributed by atoms with van der Waals surface area (Å²) in [6, 6.07) is 4.82. The number of rotatable bonds is 2. The second-order valence-electron chi connectivity index (χ2n) is 3.08. The molecular formula is C10H8BrN4OS. The molecule has 0 fully saturated rings. The third kappa shape index (κ3) is 3.50. The van der Waals surface area contributed by atoms with Crippen LogP contribution in [0.5, 0.6) is 0 Å². The van der Waals surface area contributed by atoms with Crippen LogP contribution in [0, 0.1) is 6.92 Å². The van der Waals surface area contributed by atoms with E-state index in [-0.39, 0.29) is 6.03 Å². The number of nitrogens with one attached hydrogen (secondary N) is 2. The zero-order chi connectivity index (χ0) is 12.3. The van der Waals surface area contributed by atoms with Crippen molar-refractivity contribution in [2.24, 2.45) is 0 Å². The fraction of sp³-hybridized carbons (Fsp3) is 0. The molecule has 2 aromatic rings. The summed E-state index contributed by atoms with van der Waals surface area (Å²) in [7, 11) is 0. The van der Waals surface area contributed by atoms with Gasteiger partial charge in [-0.3, -0.25) is 10.6 Å². The molecule has 87 valence electrons. The first kappa shape index (κ1) is 12.0. The third-order valence-corrected chi connectivity index (χ3v) is 3.13. The Morgan fingerprint density at radius 3 is 2.71 bits per heavy atom. The van der Waals surface area contributed by atoms with E-state index in [1.807, 2.05) is 0 Å². The number of pyridine rings is 1. The van der Waals surface area contributed by atoms with Gasteiger partial charge in [-0.05, 0) is 35.0 Å². The molecular weight excluding hydrogens is 304 g/mol. The number of halogens is 1. The molecule has 0 aromatic carbocycles. The number of aromatic nitrogens is 2. The molecule has 5 nitrogen and oxygen atoms in total. The van der Waals surface area contributed by atoms with Crippen LogP contribution in [0.1, 0.15) is 5.69 Å². The minimum absolute atomic E-state index is 0.388. The van der Waals surface area contributed by atoms with Crippen molar-refractivity contribution in [2.75, 3.05) is 10.6 Å². The largest absolute Gasteiger partial charge is 0.326 e. The van der Waals surface area contributed by atoms with Crippen LogP contribution in [0.3, 0.4) is 0 Å². The van der Waals surface area contributed by atoms with E-state index in [9.17, 15) is 4.79 Å². The molecule has 0 aliphatic heterocycles. The second kappa shape index (κ2) is 5.24. The lowest BCUT2D eigenvalue weighted by Crippen LogP contribution is -2.20. The molecule has 1 radical (unpaired) electrons. The van der Waals surface area contributed by atoms with Crippen molar-refractivity contribution in [1.29, 1.82) is 0 Å². The average Bonchev–Trinajstić information content (AvgIpc) is 2.63. The van der Waals surface area contributed by atoms with Gasteiger partial charge in [0.1, 0.15) is 11.6 Å². The van der Waals surface area contributed by atoms with Crippen LogP contribution in [0.2, 0.25) is 0 Å². The summed E-state index contributed by atoms with van der Waals surface area (Å²) >= 11 is 4.61. The molecule has 17 heavy (non-hydrogen) atoms. The molecule has 2 rings (SSSR count). The summed E-state index contributed by atoms with van der Waals surface area (Å²) in [5.41, 5.74) is 0.596. The highest BCUT2D eigenvalue weighted by molar-refractivity contribution is 9.11. The molecule has 0 bridgehead atoms. The molecule has 7 heteroatoms. The van der Waals surface area contributed by atoms with Crippen molar-refractivity contribution in [3.63, 3.8) is 0 Å². The predicted octanol–water partition coefficient (Wildman–Crippen LogP) is 3.13. The number of thiazole rings is 1. The predicted molar refractivity (Wildman–Crippen MR) is 71.2 cm³/mol. The van der Waals surface area contributed by atoms with E-state index < -0.39 is 0 Å². The van der Waals surface area contributed by atoms with Crippen LogP contribution < -0.4 is 10.6 Å². The number of amides is 2. The van der Waals surface area contributed by atoms with Gasteiger partial charge >= 0.3 is 6.03 Å². The molecule has 0 atom stereocenters. The minimum Gasteiger partial charge on any atom is -0.292 e. The summed E-state index contributed by atoms with van der Waals surface area (Å²) in [6.45, 7) is 3.68. The van der Waals surface area contributed by atoms with Gasteiger partial charge in [0.05, 0.1) is 0 Å². The van der Waals surface area contributed by atoms with Crippen LogP contribution >= 0.6 is 27.3 Å². The first-order valence-electron chi connectivity index (χ1n) is 4.61. The molecule has 0 spiro atoms. The quantitative estimate of drug-likeness (QED) is 0.895. The van der Waals surface area contributed by atoms with Crippen molar-refractivity contribution in [3.05, 3.63) is 40.1 Å². The first-order chi connectivity index (χ1) is 8.13. The molecule has 2 N–H and O–H groups in total. The van der Waals surface area contributed by atoms with Gasteiger partial charge in [-0.1, -0.05) is 6.07 Å². The van der Waals surface area contributed by atoms with E-state index in [0.29, 0.717) is 21.2 Å². The average molecular weight is 312 g/mol. The Labute approximate surface area is 110 Å². The van der Waals surface area contributed by atoms with Crippen LogP contribution in [-0.2, 0) is 0 Å². The monoisotopic (exact) mass is 311 g/mol. The van der Waals surface area contributed by atoms with Crippen molar-refractivity contribution < 1.29 is 4.79 Å². The minimum atomic E-state index is -0.388. The second-order valence-corrected chi connectivity index (χ2v) is 5.21.